The van der Waals surface area contributed by atoms with E-state index in [0.29, 0.717) is 29.9 Å². The SMILES string of the molecule is CCOc1cccc(CBr)c1OCCCOCC(F)(F)F. The number of para-hydroxylation sites is 1. The summed E-state index contributed by atoms with van der Waals surface area (Å²) in [6, 6.07) is 5.55. The van der Waals surface area contributed by atoms with Crippen molar-refractivity contribution < 1.29 is 27.4 Å². The third-order valence-electron chi connectivity index (χ3n) is 2.45. The van der Waals surface area contributed by atoms with Crippen molar-refractivity contribution in [3.05, 3.63) is 23.8 Å². The summed E-state index contributed by atoms with van der Waals surface area (Å²) in [5.41, 5.74) is 0.928. The number of rotatable bonds is 9. The average Bonchev–Trinajstić information content (AvgIpc) is 2.42. The van der Waals surface area contributed by atoms with Crippen LogP contribution in [0, 0.1) is 0 Å². The number of ether oxygens (including phenoxy) is 3. The summed E-state index contributed by atoms with van der Waals surface area (Å²) in [4.78, 5) is 0. The largest absolute Gasteiger partial charge is 0.490 e. The molecular weight excluding hydrogens is 353 g/mol. The normalized spacial score (nSPS) is 11.5. The highest BCUT2D eigenvalue weighted by Crippen LogP contribution is 2.32. The van der Waals surface area contributed by atoms with E-state index < -0.39 is 12.8 Å². The fourth-order valence-electron chi connectivity index (χ4n) is 1.62. The maximum atomic E-state index is 11.9. The van der Waals surface area contributed by atoms with Crippen molar-refractivity contribution in [1.29, 1.82) is 0 Å². The summed E-state index contributed by atoms with van der Waals surface area (Å²) in [5.74, 6) is 1.25. The van der Waals surface area contributed by atoms with Gasteiger partial charge in [-0.05, 0) is 13.0 Å². The first kappa shape index (κ1) is 18.1. The maximum Gasteiger partial charge on any atom is 0.411 e. The summed E-state index contributed by atoms with van der Waals surface area (Å²) in [5, 5.41) is 0.605. The summed E-state index contributed by atoms with van der Waals surface area (Å²) < 4.78 is 51.3. The topological polar surface area (TPSA) is 27.7 Å². The standard InChI is InChI=1S/C14H18BrF3O3/c1-2-20-12-6-3-5-11(9-15)13(12)21-8-4-7-19-10-14(16,17)18/h3,5-6H,2,4,7-10H2,1H3. The lowest BCUT2D eigenvalue weighted by atomic mass is 10.2. The highest BCUT2D eigenvalue weighted by molar-refractivity contribution is 9.08. The van der Waals surface area contributed by atoms with Gasteiger partial charge in [0.05, 0.1) is 19.8 Å². The van der Waals surface area contributed by atoms with Crippen LogP contribution in [-0.2, 0) is 10.1 Å². The quantitative estimate of drug-likeness (QED) is 0.478. The Morgan fingerprint density at radius 3 is 2.52 bits per heavy atom. The van der Waals surface area contributed by atoms with E-state index >= 15 is 0 Å². The summed E-state index contributed by atoms with van der Waals surface area (Å²) in [6.07, 6.45) is -3.91. The van der Waals surface area contributed by atoms with Crippen molar-refractivity contribution in [3.8, 4) is 11.5 Å². The molecule has 120 valence electrons. The van der Waals surface area contributed by atoms with E-state index in [1.807, 2.05) is 19.1 Å². The molecule has 7 heteroatoms. The smallest absolute Gasteiger partial charge is 0.411 e. The number of hydrogen-bond donors (Lipinski definition) is 0. The predicted octanol–water partition coefficient (Wildman–Crippen LogP) is 4.33. The van der Waals surface area contributed by atoms with Crippen LogP contribution in [0.25, 0.3) is 0 Å². The van der Waals surface area contributed by atoms with Crippen LogP contribution in [-0.4, -0.2) is 32.6 Å². The van der Waals surface area contributed by atoms with Gasteiger partial charge in [-0.2, -0.15) is 13.2 Å². The molecule has 0 spiro atoms. The molecule has 3 nitrogen and oxygen atoms in total. The first-order chi connectivity index (χ1) is 9.98. The van der Waals surface area contributed by atoms with Gasteiger partial charge in [-0.25, -0.2) is 0 Å². The number of benzene rings is 1. The van der Waals surface area contributed by atoms with Crippen molar-refractivity contribution in [3.63, 3.8) is 0 Å². The van der Waals surface area contributed by atoms with E-state index in [9.17, 15) is 13.2 Å². The average molecular weight is 371 g/mol. The molecule has 0 heterocycles. The highest BCUT2D eigenvalue weighted by Gasteiger charge is 2.27. The summed E-state index contributed by atoms with van der Waals surface area (Å²) in [7, 11) is 0. The van der Waals surface area contributed by atoms with Crippen molar-refractivity contribution in [2.45, 2.75) is 24.9 Å². The lowest BCUT2D eigenvalue weighted by Crippen LogP contribution is -2.18. The van der Waals surface area contributed by atoms with Crippen LogP contribution in [0.5, 0.6) is 11.5 Å². The molecule has 0 saturated carbocycles. The molecule has 1 rings (SSSR count). The first-order valence-corrected chi connectivity index (χ1v) is 7.68. The minimum atomic E-state index is -4.29. The molecule has 0 saturated heterocycles. The minimum absolute atomic E-state index is 0.0000420. The third kappa shape index (κ3) is 7.04. The molecular formula is C14H18BrF3O3. The highest BCUT2D eigenvalue weighted by atomic mass is 79.9. The Bertz CT molecular complexity index is 424. The van der Waals surface area contributed by atoms with Gasteiger partial charge in [0.25, 0.3) is 0 Å². The summed E-state index contributed by atoms with van der Waals surface area (Å²) >= 11 is 3.36. The van der Waals surface area contributed by atoms with E-state index in [4.69, 9.17) is 9.47 Å². The zero-order valence-electron chi connectivity index (χ0n) is 11.7. The van der Waals surface area contributed by atoms with Crippen molar-refractivity contribution in [2.75, 3.05) is 26.4 Å². The van der Waals surface area contributed by atoms with Gasteiger partial charge in [-0.15, -0.1) is 0 Å². The number of hydrogen-bond acceptors (Lipinski definition) is 3. The van der Waals surface area contributed by atoms with Crippen LogP contribution >= 0.6 is 15.9 Å². The van der Waals surface area contributed by atoms with Gasteiger partial charge < -0.3 is 14.2 Å². The predicted molar refractivity (Wildman–Crippen MR) is 77.2 cm³/mol. The monoisotopic (exact) mass is 370 g/mol. The molecule has 0 aliphatic heterocycles. The Balaban J connectivity index is 2.43. The van der Waals surface area contributed by atoms with E-state index in [2.05, 4.69) is 20.7 Å². The van der Waals surface area contributed by atoms with Gasteiger partial charge >= 0.3 is 6.18 Å². The van der Waals surface area contributed by atoms with Crippen LogP contribution in [0.1, 0.15) is 18.9 Å². The second kappa shape index (κ2) is 9.15. The van der Waals surface area contributed by atoms with E-state index in [-0.39, 0.29) is 13.2 Å². The summed E-state index contributed by atoms with van der Waals surface area (Å²) in [6.45, 7) is 1.42. The number of halogens is 4. The fraction of sp³-hybridized carbons (Fsp3) is 0.571. The van der Waals surface area contributed by atoms with E-state index in [1.165, 1.54) is 0 Å². The first-order valence-electron chi connectivity index (χ1n) is 6.56. The molecule has 1 aromatic rings. The molecule has 21 heavy (non-hydrogen) atoms. The van der Waals surface area contributed by atoms with Crippen LogP contribution in [0.15, 0.2) is 18.2 Å². The Kier molecular flexibility index (Phi) is 7.88. The lowest BCUT2D eigenvalue weighted by molar-refractivity contribution is -0.174. The maximum absolute atomic E-state index is 11.9. The molecule has 1 aromatic carbocycles. The molecule has 0 amide bonds. The lowest BCUT2D eigenvalue weighted by Gasteiger charge is -2.15. The van der Waals surface area contributed by atoms with E-state index in [0.717, 1.165) is 5.56 Å². The van der Waals surface area contributed by atoms with Gasteiger partial charge in [-0.3, -0.25) is 0 Å². The Labute approximate surface area is 130 Å². The molecule has 0 atom stereocenters. The van der Waals surface area contributed by atoms with Gasteiger partial charge in [0.2, 0.25) is 0 Å². The van der Waals surface area contributed by atoms with Crippen molar-refractivity contribution in [2.24, 2.45) is 0 Å². The van der Waals surface area contributed by atoms with E-state index in [1.54, 1.807) is 6.07 Å². The second-order valence-corrected chi connectivity index (χ2v) is 4.74. The van der Waals surface area contributed by atoms with Gasteiger partial charge in [-0.1, -0.05) is 28.1 Å². The van der Waals surface area contributed by atoms with Crippen LogP contribution in [0.3, 0.4) is 0 Å². The molecule has 0 N–H and O–H groups in total. The Morgan fingerprint density at radius 1 is 1.14 bits per heavy atom. The molecule has 0 fully saturated rings. The van der Waals surface area contributed by atoms with Gasteiger partial charge in [0.1, 0.15) is 6.61 Å². The van der Waals surface area contributed by atoms with Crippen LogP contribution in [0.4, 0.5) is 13.2 Å². The molecule has 0 aromatic heterocycles. The van der Waals surface area contributed by atoms with Crippen molar-refractivity contribution >= 4 is 15.9 Å². The molecule has 0 aliphatic carbocycles. The molecule has 0 bridgehead atoms. The zero-order valence-corrected chi connectivity index (χ0v) is 13.3. The fourth-order valence-corrected chi connectivity index (χ4v) is 2.06. The second-order valence-electron chi connectivity index (χ2n) is 4.18. The molecule has 0 aliphatic rings. The number of alkyl halides is 4. The Morgan fingerprint density at radius 2 is 1.90 bits per heavy atom. The minimum Gasteiger partial charge on any atom is -0.490 e. The van der Waals surface area contributed by atoms with Crippen LogP contribution in [0.2, 0.25) is 0 Å². The zero-order chi connectivity index (χ0) is 15.7. The molecule has 0 radical (unpaired) electrons. The van der Waals surface area contributed by atoms with Crippen LogP contribution < -0.4 is 9.47 Å². The third-order valence-corrected chi connectivity index (χ3v) is 3.05. The van der Waals surface area contributed by atoms with Crippen molar-refractivity contribution in [1.82, 2.24) is 0 Å². The molecule has 0 unspecified atom stereocenters. The Hall–Kier alpha value is -0.950. The van der Waals surface area contributed by atoms with Gasteiger partial charge in [0, 0.05) is 17.3 Å². The van der Waals surface area contributed by atoms with Gasteiger partial charge in [0.15, 0.2) is 11.5 Å².